The molecule has 0 fully saturated rings. The molecule has 0 aliphatic carbocycles. The lowest BCUT2D eigenvalue weighted by Gasteiger charge is -2.24. The third-order valence-corrected chi connectivity index (χ3v) is 5.94. The van der Waals surface area contributed by atoms with Gasteiger partial charge >= 0.3 is 13.5 Å². The van der Waals surface area contributed by atoms with E-state index in [2.05, 4.69) is 20.0 Å². The summed E-state index contributed by atoms with van der Waals surface area (Å²) in [5.74, 6) is -0.531. The Kier molecular flexibility index (Phi) is 6.66. The van der Waals surface area contributed by atoms with E-state index in [0.29, 0.717) is 23.5 Å². The van der Waals surface area contributed by atoms with E-state index in [1.807, 2.05) is 0 Å². The Hall–Kier alpha value is -3.01. The van der Waals surface area contributed by atoms with Gasteiger partial charge in [-0.1, -0.05) is 18.2 Å². The number of hydrogen-bond donors (Lipinski definition) is 3. The van der Waals surface area contributed by atoms with Crippen LogP contribution in [0.25, 0.3) is 11.2 Å². The molecule has 2 aromatic heterocycles. The lowest BCUT2D eigenvalue weighted by Crippen LogP contribution is -2.34. The van der Waals surface area contributed by atoms with Crippen LogP contribution in [0.15, 0.2) is 43.0 Å². The number of rotatable bonds is 10. The van der Waals surface area contributed by atoms with Crippen molar-refractivity contribution in [3.8, 4) is 5.75 Å². The van der Waals surface area contributed by atoms with Crippen LogP contribution in [-0.2, 0) is 20.6 Å². The first kappa shape index (κ1) is 21.7. The number of carbonyl (C=O) groups is 1. The molecule has 0 amide bonds. The van der Waals surface area contributed by atoms with Crippen molar-refractivity contribution in [2.75, 3.05) is 12.1 Å². The SMILES string of the molecule is C[C@H](Cn1cnc2c(N)ncnc21)OC[P@](=O)(N[C@@H](C)C(=O)O)Oc1ccccc1. The molecule has 0 aliphatic heterocycles. The highest BCUT2D eigenvalue weighted by Gasteiger charge is 2.31. The molecule has 30 heavy (non-hydrogen) atoms. The van der Waals surface area contributed by atoms with Gasteiger partial charge in [0.05, 0.1) is 19.0 Å². The minimum atomic E-state index is -3.67. The Balaban J connectivity index is 1.69. The third-order valence-electron chi connectivity index (χ3n) is 4.17. The predicted octanol–water partition coefficient (Wildman–Crippen LogP) is 2.11. The first-order valence-electron chi connectivity index (χ1n) is 9.14. The average Bonchev–Trinajstić information content (AvgIpc) is 3.11. The summed E-state index contributed by atoms with van der Waals surface area (Å²) in [6.07, 6.45) is 2.18. The lowest BCUT2D eigenvalue weighted by molar-refractivity contribution is -0.138. The monoisotopic (exact) mass is 434 g/mol. The van der Waals surface area contributed by atoms with Gasteiger partial charge in [-0.25, -0.2) is 20.0 Å². The fraction of sp³-hybridized carbons (Fsp3) is 0.333. The fourth-order valence-electron chi connectivity index (χ4n) is 2.68. The summed E-state index contributed by atoms with van der Waals surface area (Å²) >= 11 is 0. The standard InChI is InChI=1S/C18H23N6O5P/c1-12(8-24-10-22-15-16(19)20-9-21-17(15)24)28-11-30(27,23-13(2)18(25)26)29-14-6-4-3-5-7-14/h3-7,9-10,12-13H,8,11H2,1-2H3,(H,23,27)(H,25,26)(H2,19,20,21)/t12-,13+,30-/m1/s1. The Morgan fingerprint density at radius 3 is 2.70 bits per heavy atom. The number of fused-ring (bicyclic) bond motifs is 1. The number of ether oxygens (including phenoxy) is 1. The zero-order chi connectivity index (χ0) is 21.7. The van der Waals surface area contributed by atoms with E-state index < -0.39 is 25.6 Å². The van der Waals surface area contributed by atoms with Crippen molar-refractivity contribution in [1.29, 1.82) is 0 Å². The van der Waals surface area contributed by atoms with Gasteiger partial charge in [0, 0.05) is 0 Å². The van der Waals surface area contributed by atoms with Crippen molar-refractivity contribution in [2.45, 2.75) is 32.5 Å². The highest BCUT2D eigenvalue weighted by atomic mass is 31.2. The van der Waals surface area contributed by atoms with Crippen LogP contribution in [0.5, 0.6) is 5.75 Å². The van der Waals surface area contributed by atoms with Crippen molar-refractivity contribution in [1.82, 2.24) is 24.6 Å². The molecule has 0 spiro atoms. The normalized spacial score (nSPS) is 15.4. The number of nitrogen functional groups attached to an aromatic ring is 1. The summed E-state index contributed by atoms with van der Waals surface area (Å²) in [7, 11) is -3.67. The van der Waals surface area contributed by atoms with Crippen LogP contribution in [0, 0.1) is 0 Å². The summed E-state index contributed by atoms with van der Waals surface area (Å²) in [5.41, 5.74) is 6.83. The zero-order valence-corrected chi connectivity index (χ0v) is 17.4. The second kappa shape index (κ2) is 9.21. The van der Waals surface area contributed by atoms with Crippen molar-refractivity contribution in [3.05, 3.63) is 43.0 Å². The Morgan fingerprint density at radius 2 is 2.00 bits per heavy atom. The highest BCUT2D eigenvalue weighted by molar-refractivity contribution is 7.57. The van der Waals surface area contributed by atoms with Gasteiger partial charge in [0.1, 0.15) is 30.0 Å². The maximum Gasteiger partial charge on any atom is 0.342 e. The Bertz CT molecular complexity index is 1060. The van der Waals surface area contributed by atoms with E-state index in [-0.39, 0.29) is 12.2 Å². The number of imidazole rings is 1. The minimum absolute atomic E-state index is 0.278. The van der Waals surface area contributed by atoms with E-state index in [9.17, 15) is 14.5 Å². The zero-order valence-electron chi connectivity index (χ0n) is 16.5. The van der Waals surface area contributed by atoms with Gasteiger partial charge in [0.2, 0.25) is 0 Å². The number of aromatic nitrogens is 4. The van der Waals surface area contributed by atoms with Crippen LogP contribution in [-0.4, -0.2) is 49.1 Å². The molecule has 0 unspecified atom stereocenters. The largest absolute Gasteiger partial charge is 0.480 e. The van der Waals surface area contributed by atoms with Crippen molar-refractivity contribution < 1.29 is 23.7 Å². The molecule has 1 aromatic carbocycles. The predicted molar refractivity (Wildman–Crippen MR) is 110 cm³/mol. The maximum atomic E-state index is 13.3. The van der Waals surface area contributed by atoms with Crippen LogP contribution in [0.3, 0.4) is 0 Å². The molecule has 12 heteroatoms. The molecule has 0 radical (unpaired) electrons. The van der Waals surface area contributed by atoms with Gasteiger partial charge in [-0.3, -0.25) is 9.36 Å². The van der Waals surface area contributed by atoms with Gasteiger partial charge in [0.25, 0.3) is 0 Å². The molecule has 3 atom stereocenters. The molecule has 4 N–H and O–H groups in total. The summed E-state index contributed by atoms with van der Waals surface area (Å²) in [5, 5.41) is 11.7. The summed E-state index contributed by atoms with van der Waals surface area (Å²) in [4.78, 5) is 23.5. The quantitative estimate of drug-likeness (QED) is 0.404. The number of hydrogen-bond acceptors (Lipinski definition) is 8. The lowest BCUT2D eigenvalue weighted by atomic mass is 10.3. The maximum absolute atomic E-state index is 13.3. The van der Waals surface area contributed by atoms with Crippen molar-refractivity contribution in [2.24, 2.45) is 0 Å². The Labute approximate surface area is 172 Å². The smallest absolute Gasteiger partial charge is 0.342 e. The molecule has 0 saturated carbocycles. The molecule has 0 aliphatic rings. The number of anilines is 1. The summed E-state index contributed by atoms with van der Waals surface area (Å²) in [6.45, 7) is 3.52. The van der Waals surface area contributed by atoms with E-state index in [4.69, 9.17) is 15.0 Å². The molecule has 160 valence electrons. The van der Waals surface area contributed by atoms with Gasteiger partial charge < -0.3 is 24.7 Å². The first-order chi connectivity index (χ1) is 14.3. The summed E-state index contributed by atoms with van der Waals surface area (Å²) in [6, 6.07) is 7.41. The third kappa shape index (κ3) is 5.32. The van der Waals surface area contributed by atoms with Gasteiger partial charge in [-0.15, -0.1) is 0 Å². The van der Waals surface area contributed by atoms with E-state index >= 15 is 0 Å². The fourth-order valence-corrected chi connectivity index (χ4v) is 4.47. The molecule has 11 nitrogen and oxygen atoms in total. The number of benzene rings is 1. The number of nitrogens with one attached hydrogen (secondary N) is 1. The number of nitrogens with two attached hydrogens (primary N) is 1. The van der Waals surface area contributed by atoms with Crippen molar-refractivity contribution >= 4 is 30.5 Å². The molecule has 0 bridgehead atoms. The number of carboxylic acids is 1. The molecule has 3 rings (SSSR count). The summed E-state index contributed by atoms with van der Waals surface area (Å²) < 4.78 is 26.4. The second-order valence-electron chi connectivity index (χ2n) is 6.70. The molecular weight excluding hydrogens is 411 g/mol. The van der Waals surface area contributed by atoms with Crippen molar-refractivity contribution in [3.63, 3.8) is 0 Å². The first-order valence-corrected chi connectivity index (χ1v) is 11.0. The molecule has 3 aromatic rings. The molecule has 2 heterocycles. The highest BCUT2D eigenvalue weighted by Crippen LogP contribution is 2.43. The average molecular weight is 434 g/mol. The van der Waals surface area contributed by atoms with E-state index in [1.54, 1.807) is 48.1 Å². The van der Waals surface area contributed by atoms with Crippen LogP contribution in [0.1, 0.15) is 13.8 Å². The molecule has 0 saturated heterocycles. The van der Waals surface area contributed by atoms with Crippen LogP contribution in [0.2, 0.25) is 0 Å². The minimum Gasteiger partial charge on any atom is -0.480 e. The number of nitrogens with zero attached hydrogens (tertiary/aromatic N) is 4. The number of aliphatic carboxylic acids is 1. The van der Waals surface area contributed by atoms with E-state index in [0.717, 1.165) is 0 Å². The number of carboxylic acid groups (broad SMARTS) is 1. The van der Waals surface area contributed by atoms with Gasteiger partial charge in [-0.05, 0) is 26.0 Å². The topological polar surface area (TPSA) is 154 Å². The van der Waals surface area contributed by atoms with Gasteiger partial charge in [0.15, 0.2) is 11.5 Å². The number of para-hydroxylation sites is 1. The molecular formula is C18H23N6O5P. The Morgan fingerprint density at radius 1 is 1.27 bits per heavy atom. The van der Waals surface area contributed by atoms with Crippen LogP contribution in [0.4, 0.5) is 5.82 Å². The second-order valence-corrected chi connectivity index (χ2v) is 8.75. The van der Waals surface area contributed by atoms with Gasteiger partial charge in [-0.2, -0.15) is 0 Å². The van der Waals surface area contributed by atoms with Crippen LogP contribution < -0.4 is 15.3 Å². The van der Waals surface area contributed by atoms with Crippen LogP contribution >= 0.6 is 7.52 Å². The van der Waals surface area contributed by atoms with E-state index in [1.165, 1.54) is 13.3 Å².